The largest absolute Gasteiger partial charge is 0.444 e. The van der Waals surface area contributed by atoms with Crippen LogP contribution in [0.2, 0.25) is 36.3 Å². The maximum Gasteiger partial charge on any atom is 0.408 e. The van der Waals surface area contributed by atoms with Gasteiger partial charge in [-0.25, -0.2) is 4.79 Å². The van der Waals surface area contributed by atoms with Crippen LogP contribution in [0, 0.1) is 5.92 Å². The number of carbonyl (C=O) groups excluding carboxylic acids is 1. The van der Waals surface area contributed by atoms with E-state index in [4.69, 9.17) is 24.3 Å². The fourth-order valence-electron chi connectivity index (χ4n) is 5.28. The van der Waals surface area contributed by atoms with Crippen molar-refractivity contribution in [2.75, 3.05) is 23.7 Å². The average molecular weight is 607 g/mol. The highest BCUT2D eigenvalue weighted by molar-refractivity contribution is 6.74. The lowest BCUT2D eigenvalue weighted by atomic mass is 9.91. The summed E-state index contributed by atoms with van der Waals surface area (Å²) in [5, 5.41) is 3.36. The van der Waals surface area contributed by atoms with Crippen LogP contribution >= 0.6 is 0 Å². The smallest absolute Gasteiger partial charge is 0.408 e. The van der Waals surface area contributed by atoms with Crippen molar-refractivity contribution in [3.05, 3.63) is 17.5 Å². The third kappa shape index (κ3) is 7.67. The van der Waals surface area contributed by atoms with Crippen LogP contribution in [0.5, 0.6) is 0 Å². The molecule has 0 saturated carbocycles. The molecular formula is C31H58N4O4Si2. The van der Waals surface area contributed by atoms with Gasteiger partial charge in [0.2, 0.25) is 0 Å². The number of nitrogens with two attached hydrogens (primary N) is 1. The standard InChI is InChI=1S/C31H58N4O4Si2/c1-20-18-35(19-23(34-28(36)37-29(2,3)4)27(20)39-41(13,14)31(8,9)10)26-21-15-16-24(25(21)33-17-22(26)32)38-40(11,12)30(5,6)7/h17,20,23-24,27H,15-16,18-19,32H2,1-14H3,(H,34,36)/t20-,23+,24?,27+/m0/s1. The summed E-state index contributed by atoms with van der Waals surface area (Å²) in [6.45, 7) is 31.9. The lowest BCUT2D eigenvalue weighted by molar-refractivity contribution is 0.0336. The summed E-state index contributed by atoms with van der Waals surface area (Å²) in [5.41, 5.74) is 9.97. The van der Waals surface area contributed by atoms with Gasteiger partial charge in [0.1, 0.15) is 5.60 Å². The van der Waals surface area contributed by atoms with Crippen molar-refractivity contribution < 1.29 is 18.4 Å². The van der Waals surface area contributed by atoms with E-state index in [1.165, 1.54) is 5.56 Å². The molecule has 234 valence electrons. The average Bonchev–Trinajstić information content (AvgIpc) is 3.14. The highest BCUT2D eigenvalue weighted by Crippen LogP contribution is 2.47. The molecular weight excluding hydrogens is 549 g/mol. The van der Waals surface area contributed by atoms with Crippen molar-refractivity contribution in [2.45, 2.75) is 142 Å². The first-order valence-corrected chi connectivity index (χ1v) is 21.1. The Morgan fingerprint density at radius 1 is 0.976 bits per heavy atom. The van der Waals surface area contributed by atoms with E-state index in [0.717, 1.165) is 30.8 Å². The SMILES string of the molecule is C[C@H]1CN(c2c(N)cnc3c2CCC3O[Si](C)(C)C(C)(C)C)C[C@@H](NC(=O)OC(C)(C)C)[C@@H]1O[Si](C)(C)C(C)(C)C. The summed E-state index contributed by atoms with van der Waals surface area (Å²) in [5.74, 6) is 0.154. The zero-order chi connectivity index (χ0) is 31.3. The van der Waals surface area contributed by atoms with Gasteiger partial charge < -0.3 is 29.5 Å². The molecule has 3 N–H and O–H groups in total. The zero-order valence-corrected chi connectivity index (χ0v) is 30.3. The minimum absolute atomic E-state index is 0.0159. The van der Waals surface area contributed by atoms with E-state index in [-0.39, 0.29) is 34.2 Å². The predicted molar refractivity (Wildman–Crippen MR) is 175 cm³/mol. The second kappa shape index (κ2) is 11.5. The van der Waals surface area contributed by atoms with Gasteiger partial charge in [-0.05, 0) is 69.9 Å². The number of rotatable bonds is 6. The first kappa shape index (κ1) is 33.9. The monoisotopic (exact) mass is 606 g/mol. The van der Waals surface area contributed by atoms with Crippen molar-refractivity contribution in [1.29, 1.82) is 0 Å². The van der Waals surface area contributed by atoms with Gasteiger partial charge in [-0.3, -0.25) is 4.98 Å². The molecule has 0 aromatic carbocycles. The van der Waals surface area contributed by atoms with Crippen LogP contribution in [0.15, 0.2) is 6.20 Å². The molecule has 1 amide bonds. The van der Waals surface area contributed by atoms with Crippen LogP contribution in [0.1, 0.15) is 93.0 Å². The van der Waals surface area contributed by atoms with E-state index in [1.54, 1.807) is 6.20 Å². The van der Waals surface area contributed by atoms with Gasteiger partial charge in [-0.15, -0.1) is 0 Å². The van der Waals surface area contributed by atoms with Crippen LogP contribution < -0.4 is 16.0 Å². The van der Waals surface area contributed by atoms with Crippen LogP contribution in [0.25, 0.3) is 0 Å². The summed E-state index contributed by atoms with van der Waals surface area (Å²) < 4.78 is 19.5. The Hall–Kier alpha value is -1.63. The molecule has 1 aliphatic heterocycles. The normalized spacial score (nSPS) is 24.3. The Bertz CT molecular complexity index is 1110. The quantitative estimate of drug-likeness (QED) is 0.325. The van der Waals surface area contributed by atoms with Gasteiger partial charge in [-0.1, -0.05) is 48.5 Å². The van der Waals surface area contributed by atoms with Crippen LogP contribution in [-0.2, 0) is 20.0 Å². The van der Waals surface area contributed by atoms with E-state index < -0.39 is 28.3 Å². The second-order valence-electron chi connectivity index (χ2n) is 16.3. The second-order valence-corrected chi connectivity index (χ2v) is 25.8. The number of nitrogens with zero attached hydrogens (tertiary/aromatic N) is 2. The molecule has 2 heterocycles. The zero-order valence-electron chi connectivity index (χ0n) is 28.3. The van der Waals surface area contributed by atoms with Gasteiger partial charge in [-0.2, -0.15) is 0 Å². The topological polar surface area (TPSA) is 98.9 Å². The maximum absolute atomic E-state index is 13.1. The van der Waals surface area contributed by atoms with Gasteiger partial charge in [0, 0.05) is 24.6 Å². The van der Waals surface area contributed by atoms with Crippen LogP contribution in [0.3, 0.4) is 0 Å². The number of fused-ring (bicyclic) bond motifs is 1. The van der Waals surface area contributed by atoms with E-state index in [1.807, 2.05) is 20.8 Å². The molecule has 10 heteroatoms. The molecule has 41 heavy (non-hydrogen) atoms. The van der Waals surface area contributed by atoms with Crippen LogP contribution in [-0.4, -0.2) is 58.5 Å². The number of hydrogen-bond acceptors (Lipinski definition) is 7. The first-order chi connectivity index (χ1) is 18.4. The third-order valence-electron chi connectivity index (χ3n) is 9.55. The molecule has 1 saturated heterocycles. The molecule has 1 aromatic heterocycles. The number of nitrogen functional groups attached to an aromatic ring is 1. The Morgan fingerprint density at radius 2 is 1.54 bits per heavy atom. The molecule has 0 bridgehead atoms. The number of carbonyl (C=O) groups is 1. The van der Waals surface area contributed by atoms with E-state index in [0.29, 0.717) is 12.2 Å². The molecule has 0 radical (unpaired) electrons. The first-order valence-electron chi connectivity index (χ1n) is 15.3. The van der Waals surface area contributed by atoms with E-state index in [9.17, 15) is 4.79 Å². The van der Waals surface area contributed by atoms with Gasteiger partial charge in [0.05, 0.1) is 41.5 Å². The minimum atomic E-state index is -2.11. The number of hydrogen-bond donors (Lipinski definition) is 2. The third-order valence-corrected chi connectivity index (χ3v) is 18.5. The molecule has 1 fully saturated rings. The van der Waals surface area contributed by atoms with Crippen molar-refractivity contribution in [2.24, 2.45) is 5.92 Å². The van der Waals surface area contributed by atoms with Crippen molar-refractivity contribution in [3.8, 4) is 0 Å². The fraction of sp³-hybridized carbons (Fsp3) is 0.806. The number of anilines is 2. The van der Waals surface area contributed by atoms with Gasteiger partial charge >= 0.3 is 6.09 Å². The lowest BCUT2D eigenvalue weighted by Crippen LogP contribution is -2.63. The number of amides is 1. The molecule has 1 aromatic rings. The molecule has 3 rings (SSSR count). The highest BCUT2D eigenvalue weighted by Gasteiger charge is 2.46. The number of nitrogens with one attached hydrogen (secondary N) is 1. The molecule has 4 atom stereocenters. The van der Waals surface area contributed by atoms with E-state index >= 15 is 0 Å². The van der Waals surface area contributed by atoms with Crippen molar-refractivity contribution in [1.82, 2.24) is 10.3 Å². The van der Waals surface area contributed by atoms with Gasteiger partial charge in [0.25, 0.3) is 0 Å². The number of piperidine rings is 1. The molecule has 0 spiro atoms. The molecule has 1 aliphatic carbocycles. The summed E-state index contributed by atoms with van der Waals surface area (Å²) in [4.78, 5) is 20.2. The predicted octanol–water partition coefficient (Wildman–Crippen LogP) is 7.41. The molecule has 8 nitrogen and oxygen atoms in total. The summed E-state index contributed by atoms with van der Waals surface area (Å²) >= 11 is 0. The van der Waals surface area contributed by atoms with Crippen molar-refractivity contribution >= 4 is 34.1 Å². The fourth-order valence-corrected chi connectivity index (χ4v) is 8.00. The van der Waals surface area contributed by atoms with Gasteiger partial charge in [0.15, 0.2) is 16.6 Å². The number of aromatic nitrogens is 1. The number of alkyl carbamates (subject to hydrolysis) is 1. The Morgan fingerprint density at radius 3 is 2.07 bits per heavy atom. The molecule has 2 aliphatic rings. The maximum atomic E-state index is 13.1. The number of ether oxygens (including phenoxy) is 1. The number of pyridine rings is 1. The Balaban J connectivity index is 1.96. The minimum Gasteiger partial charge on any atom is -0.444 e. The lowest BCUT2D eigenvalue weighted by Gasteiger charge is -2.49. The Kier molecular flexibility index (Phi) is 9.47. The van der Waals surface area contributed by atoms with E-state index in [2.05, 4.69) is 84.9 Å². The van der Waals surface area contributed by atoms with Crippen LogP contribution in [0.4, 0.5) is 16.2 Å². The highest BCUT2D eigenvalue weighted by atomic mass is 28.4. The summed E-state index contributed by atoms with van der Waals surface area (Å²) in [6.07, 6.45) is 3.01. The summed E-state index contributed by atoms with van der Waals surface area (Å²) in [7, 11) is -4.08. The summed E-state index contributed by atoms with van der Waals surface area (Å²) in [6, 6.07) is -0.258. The van der Waals surface area contributed by atoms with Crippen molar-refractivity contribution in [3.63, 3.8) is 0 Å². The molecule has 1 unspecified atom stereocenters. The Labute approximate surface area is 251 Å².